The molecule has 222 valence electrons. The summed E-state index contributed by atoms with van der Waals surface area (Å²) < 4.78 is 0. The van der Waals surface area contributed by atoms with Gasteiger partial charge in [-0.2, -0.15) is 10.2 Å². The van der Waals surface area contributed by atoms with Crippen LogP contribution >= 0.6 is 22.7 Å². The van der Waals surface area contributed by atoms with Gasteiger partial charge in [0.15, 0.2) is 0 Å². The predicted molar refractivity (Wildman–Crippen MR) is 200 cm³/mol. The summed E-state index contributed by atoms with van der Waals surface area (Å²) >= 11 is 3.57. The molecule has 0 saturated carbocycles. The van der Waals surface area contributed by atoms with Gasteiger partial charge in [0, 0.05) is 9.75 Å². The molecule has 0 spiro atoms. The van der Waals surface area contributed by atoms with Gasteiger partial charge in [0.2, 0.25) is 0 Å². The van der Waals surface area contributed by atoms with E-state index >= 15 is 0 Å². The van der Waals surface area contributed by atoms with Crippen molar-refractivity contribution in [1.82, 2.24) is 0 Å². The highest BCUT2D eigenvalue weighted by Gasteiger charge is 2.24. The fourth-order valence-electron chi connectivity index (χ4n) is 6.58. The molecule has 4 aromatic carbocycles. The number of thiophene rings is 2. The van der Waals surface area contributed by atoms with E-state index in [1.807, 2.05) is 0 Å². The molecule has 46 heavy (non-hydrogen) atoms. The van der Waals surface area contributed by atoms with Crippen LogP contribution in [0.4, 0.5) is 0 Å². The van der Waals surface area contributed by atoms with Gasteiger partial charge in [-0.1, -0.05) is 111 Å². The third kappa shape index (κ3) is 5.04. The minimum absolute atomic E-state index is 0.823. The Labute approximate surface area is 278 Å². The number of rotatable bonds is 7. The average Bonchev–Trinajstić information content (AvgIpc) is 3.90. The average molecular weight is 629 g/mol. The van der Waals surface area contributed by atoms with Crippen LogP contribution in [-0.4, -0.2) is 11.4 Å². The Morgan fingerprint density at radius 3 is 1.04 bits per heavy atom. The molecule has 0 fully saturated rings. The molecule has 0 saturated heterocycles. The summed E-state index contributed by atoms with van der Waals surface area (Å²) in [4.78, 5) is 4.79. The van der Waals surface area contributed by atoms with Crippen molar-refractivity contribution >= 4 is 57.4 Å². The van der Waals surface area contributed by atoms with Crippen LogP contribution in [0.3, 0.4) is 0 Å². The summed E-state index contributed by atoms with van der Waals surface area (Å²) in [5, 5.41) is 9.67. The molecule has 0 N–H and O–H groups in total. The van der Waals surface area contributed by atoms with E-state index < -0.39 is 0 Å². The molecular formula is C42H32N2S2. The van der Waals surface area contributed by atoms with Gasteiger partial charge in [0.25, 0.3) is 0 Å². The monoisotopic (exact) mass is 628 g/mol. The fourth-order valence-corrected chi connectivity index (χ4v) is 8.59. The van der Waals surface area contributed by atoms with Gasteiger partial charge in [-0.3, -0.25) is 0 Å². The van der Waals surface area contributed by atoms with Crippen molar-refractivity contribution in [3.8, 4) is 22.3 Å². The number of fused-ring (bicyclic) bond motifs is 6. The maximum atomic E-state index is 4.83. The highest BCUT2D eigenvalue weighted by Crippen LogP contribution is 2.46. The molecule has 2 aliphatic rings. The molecule has 2 heterocycles. The van der Waals surface area contributed by atoms with Gasteiger partial charge < -0.3 is 0 Å². The van der Waals surface area contributed by atoms with Crippen molar-refractivity contribution in [2.75, 3.05) is 0 Å². The van der Waals surface area contributed by atoms with Gasteiger partial charge in [-0.05, 0) is 105 Å². The Morgan fingerprint density at radius 2 is 0.739 bits per heavy atom. The van der Waals surface area contributed by atoms with Gasteiger partial charge in [-0.25, -0.2) is 0 Å². The second kappa shape index (κ2) is 12.1. The van der Waals surface area contributed by atoms with Crippen molar-refractivity contribution in [1.29, 1.82) is 0 Å². The van der Waals surface area contributed by atoms with Crippen molar-refractivity contribution < 1.29 is 0 Å². The molecule has 0 radical (unpaired) electrons. The molecule has 0 aliphatic heterocycles. The lowest BCUT2D eigenvalue weighted by Gasteiger charge is -2.02. The summed E-state index contributed by atoms with van der Waals surface area (Å²) in [6, 6.07) is 43.6. The minimum Gasteiger partial charge on any atom is -0.154 e. The molecule has 0 amide bonds. The first-order chi connectivity index (χ1) is 22.7. The molecule has 6 aromatic rings. The Balaban J connectivity index is 1.08. The van der Waals surface area contributed by atoms with Gasteiger partial charge >= 0.3 is 0 Å². The summed E-state index contributed by atoms with van der Waals surface area (Å²) in [7, 11) is 0. The fraction of sp³-hybridized carbons (Fsp3) is 0.0952. The van der Waals surface area contributed by atoms with E-state index in [1.165, 1.54) is 75.2 Å². The largest absolute Gasteiger partial charge is 0.154 e. The topological polar surface area (TPSA) is 24.7 Å². The number of hydrogen-bond acceptors (Lipinski definition) is 4. The summed E-state index contributed by atoms with van der Waals surface area (Å²) in [5.74, 6) is 0. The number of hydrogen-bond donors (Lipinski definition) is 0. The highest BCUT2D eigenvalue weighted by atomic mass is 32.1. The standard InChI is InChI=1S/C42H32N2S2/c1-3-39(41-23-21-27(45-41)25-37-33-17-9-5-13-29(33)30-14-6-10-18-34(30)37)43-44-40(4-2)42-24-22-28(46-42)26-38-35-19-11-7-15-31(35)32-16-8-12-20-36(32)38/h5-26H,3-4H2,1-2H3/b43-39+,44-40+. The van der Waals surface area contributed by atoms with Crippen molar-refractivity contribution in [3.63, 3.8) is 0 Å². The normalized spacial score (nSPS) is 13.3. The maximum absolute atomic E-state index is 4.83. The Hall–Kier alpha value is -4.90. The van der Waals surface area contributed by atoms with E-state index in [1.54, 1.807) is 22.7 Å². The van der Waals surface area contributed by atoms with E-state index in [-0.39, 0.29) is 0 Å². The van der Waals surface area contributed by atoms with Crippen molar-refractivity contribution in [2.24, 2.45) is 10.2 Å². The summed E-state index contributed by atoms with van der Waals surface area (Å²) in [6.45, 7) is 4.32. The van der Waals surface area contributed by atoms with Crippen molar-refractivity contribution in [2.45, 2.75) is 26.7 Å². The highest BCUT2D eigenvalue weighted by molar-refractivity contribution is 7.15. The van der Waals surface area contributed by atoms with Crippen LogP contribution in [0.1, 0.15) is 68.5 Å². The Kier molecular flexibility index (Phi) is 7.53. The molecule has 0 unspecified atom stereocenters. The molecule has 2 aromatic heterocycles. The Bertz CT molecular complexity index is 1980. The molecule has 8 rings (SSSR count). The van der Waals surface area contributed by atoms with Crippen LogP contribution in [0.2, 0.25) is 0 Å². The molecule has 2 aliphatic carbocycles. The third-order valence-electron chi connectivity index (χ3n) is 8.81. The first-order valence-corrected chi connectivity index (χ1v) is 17.5. The third-order valence-corrected chi connectivity index (χ3v) is 11.0. The zero-order chi connectivity index (χ0) is 31.0. The van der Waals surface area contributed by atoms with Gasteiger partial charge in [0.1, 0.15) is 0 Å². The SMILES string of the molecule is CC/C(=N\N=C(/CC)c1ccc(C=C2c3ccccc3-c3ccccc32)s1)c1ccc(C=C2c3ccccc3-c3ccccc32)s1. The maximum Gasteiger partial charge on any atom is 0.0799 e. The summed E-state index contributed by atoms with van der Waals surface area (Å²) in [5.41, 5.74) is 15.0. The van der Waals surface area contributed by atoms with Crippen LogP contribution in [0.5, 0.6) is 0 Å². The van der Waals surface area contributed by atoms with E-state index in [0.717, 1.165) is 24.3 Å². The second-order valence-corrected chi connectivity index (χ2v) is 13.7. The van der Waals surface area contributed by atoms with Crippen LogP contribution in [0.15, 0.2) is 132 Å². The molecular weight excluding hydrogens is 597 g/mol. The van der Waals surface area contributed by atoms with E-state index in [0.29, 0.717) is 0 Å². The Morgan fingerprint density at radius 1 is 0.435 bits per heavy atom. The van der Waals surface area contributed by atoms with E-state index in [9.17, 15) is 0 Å². The van der Waals surface area contributed by atoms with Crippen molar-refractivity contribution in [3.05, 3.63) is 163 Å². The van der Waals surface area contributed by atoms with Crippen LogP contribution in [0, 0.1) is 0 Å². The van der Waals surface area contributed by atoms with Crippen LogP contribution < -0.4 is 0 Å². The lowest BCUT2D eigenvalue weighted by Crippen LogP contribution is -1.98. The molecule has 2 nitrogen and oxygen atoms in total. The van der Waals surface area contributed by atoms with Gasteiger partial charge in [-0.15, -0.1) is 22.7 Å². The second-order valence-electron chi connectivity index (χ2n) is 11.5. The first kappa shape index (κ1) is 28.6. The smallest absolute Gasteiger partial charge is 0.0799 e. The van der Waals surface area contributed by atoms with Gasteiger partial charge in [0.05, 0.1) is 21.2 Å². The van der Waals surface area contributed by atoms with E-state index in [4.69, 9.17) is 10.2 Å². The van der Waals surface area contributed by atoms with Crippen LogP contribution in [-0.2, 0) is 0 Å². The zero-order valence-electron chi connectivity index (χ0n) is 25.8. The zero-order valence-corrected chi connectivity index (χ0v) is 27.5. The van der Waals surface area contributed by atoms with E-state index in [2.05, 4.69) is 147 Å². The predicted octanol–water partition coefficient (Wildman–Crippen LogP) is 12.0. The number of benzene rings is 4. The summed E-state index contributed by atoms with van der Waals surface area (Å²) in [6.07, 6.45) is 6.30. The van der Waals surface area contributed by atoms with Crippen LogP contribution in [0.25, 0.3) is 45.6 Å². The molecule has 0 atom stereocenters. The molecule has 0 bridgehead atoms. The lowest BCUT2D eigenvalue weighted by atomic mass is 10.0. The lowest BCUT2D eigenvalue weighted by molar-refractivity contribution is 1.14. The first-order valence-electron chi connectivity index (χ1n) is 15.9. The number of nitrogens with zero attached hydrogens (tertiary/aromatic N) is 2. The quantitative estimate of drug-likeness (QED) is 0.124. The minimum atomic E-state index is 0.823. The molecule has 4 heteroatoms.